The number of H-pyrrole nitrogens is 1. The Kier molecular flexibility index (Phi) is 3.60. The summed E-state index contributed by atoms with van der Waals surface area (Å²) in [4.78, 5) is 13.5. The molecule has 2 N–H and O–H groups in total. The lowest BCUT2D eigenvalue weighted by atomic mass is 10.1. The van der Waals surface area contributed by atoms with E-state index in [1.54, 1.807) is 0 Å². The van der Waals surface area contributed by atoms with Crippen molar-refractivity contribution in [2.45, 2.75) is 19.3 Å². The average molecular weight is 229 g/mol. The summed E-state index contributed by atoms with van der Waals surface area (Å²) in [7, 11) is 0. The molecule has 1 aromatic carbocycles. The van der Waals surface area contributed by atoms with Crippen LogP contribution in [0.4, 0.5) is 0 Å². The third-order valence-electron chi connectivity index (χ3n) is 2.68. The van der Waals surface area contributed by atoms with Crippen molar-refractivity contribution in [1.29, 1.82) is 0 Å². The quantitative estimate of drug-likeness (QED) is 0.772. The number of unbranched alkanes of at least 4 members (excludes halogenated alkanes) is 1. The van der Waals surface area contributed by atoms with Gasteiger partial charge in [-0.2, -0.15) is 0 Å². The van der Waals surface area contributed by atoms with Gasteiger partial charge in [0.1, 0.15) is 0 Å². The molecule has 0 fully saturated rings. The highest BCUT2D eigenvalue weighted by Crippen LogP contribution is 2.19. The highest BCUT2D eigenvalue weighted by Gasteiger charge is 1.98. The minimum absolute atomic E-state index is 0.234. The molecular formula is C14H15NO2. The Morgan fingerprint density at radius 2 is 2.18 bits per heavy atom. The van der Waals surface area contributed by atoms with Gasteiger partial charge < -0.3 is 10.1 Å². The van der Waals surface area contributed by atoms with Gasteiger partial charge in [0.05, 0.1) is 0 Å². The molecule has 0 spiro atoms. The maximum absolute atomic E-state index is 10.3. The SMILES string of the molecule is O=C(O)CCC/C=C/c1c[nH]c2ccccc12. The lowest BCUT2D eigenvalue weighted by Gasteiger charge is -1.92. The van der Waals surface area contributed by atoms with Crippen molar-refractivity contribution in [3.05, 3.63) is 42.1 Å². The smallest absolute Gasteiger partial charge is 0.303 e. The molecule has 0 aliphatic heterocycles. The van der Waals surface area contributed by atoms with Gasteiger partial charge in [0, 0.05) is 23.5 Å². The minimum Gasteiger partial charge on any atom is -0.481 e. The van der Waals surface area contributed by atoms with Gasteiger partial charge in [-0.25, -0.2) is 0 Å². The van der Waals surface area contributed by atoms with Crippen LogP contribution < -0.4 is 0 Å². The van der Waals surface area contributed by atoms with Crippen LogP contribution in [0.15, 0.2) is 36.5 Å². The van der Waals surface area contributed by atoms with Crippen LogP contribution >= 0.6 is 0 Å². The van der Waals surface area contributed by atoms with Gasteiger partial charge in [-0.15, -0.1) is 0 Å². The van der Waals surface area contributed by atoms with E-state index in [2.05, 4.69) is 11.1 Å². The van der Waals surface area contributed by atoms with Crippen molar-refractivity contribution < 1.29 is 9.90 Å². The van der Waals surface area contributed by atoms with E-state index in [1.165, 1.54) is 5.39 Å². The molecule has 0 radical (unpaired) electrons. The van der Waals surface area contributed by atoms with E-state index in [0.717, 1.165) is 17.5 Å². The molecule has 0 unspecified atom stereocenters. The Bertz CT molecular complexity index is 540. The highest BCUT2D eigenvalue weighted by atomic mass is 16.4. The lowest BCUT2D eigenvalue weighted by Crippen LogP contribution is -1.92. The molecule has 3 heteroatoms. The molecular weight excluding hydrogens is 214 g/mol. The van der Waals surface area contributed by atoms with E-state index in [-0.39, 0.29) is 6.42 Å². The van der Waals surface area contributed by atoms with E-state index in [0.29, 0.717) is 6.42 Å². The molecule has 0 saturated heterocycles. The number of fused-ring (bicyclic) bond motifs is 1. The summed E-state index contributed by atoms with van der Waals surface area (Å²) < 4.78 is 0. The van der Waals surface area contributed by atoms with Crippen molar-refractivity contribution in [2.75, 3.05) is 0 Å². The summed E-state index contributed by atoms with van der Waals surface area (Å²) in [6, 6.07) is 8.12. The van der Waals surface area contributed by atoms with Crippen LogP contribution in [-0.2, 0) is 4.79 Å². The predicted octanol–water partition coefficient (Wildman–Crippen LogP) is 3.44. The second-order valence-corrected chi connectivity index (χ2v) is 3.98. The maximum Gasteiger partial charge on any atom is 0.303 e. The first-order valence-corrected chi connectivity index (χ1v) is 5.72. The Morgan fingerprint density at radius 1 is 1.35 bits per heavy atom. The van der Waals surface area contributed by atoms with Gasteiger partial charge in [-0.1, -0.05) is 30.4 Å². The highest BCUT2D eigenvalue weighted by molar-refractivity contribution is 5.88. The van der Waals surface area contributed by atoms with E-state index in [1.807, 2.05) is 36.5 Å². The fourth-order valence-electron chi connectivity index (χ4n) is 1.81. The number of carboxylic acids is 1. The number of hydrogen-bond acceptors (Lipinski definition) is 1. The number of aromatic amines is 1. The fraction of sp³-hybridized carbons (Fsp3) is 0.214. The van der Waals surface area contributed by atoms with Crippen LogP contribution in [0.3, 0.4) is 0 Å². The number of benzene rings is 1. The zero-order valence-electron chi connectivity index (χ0n) is 9.52. The largest absolute Gasteiger partial charge is 0.481 e. The van der Waals surface area contributed by atoms with E-state index >= 15 is 0 Å². The van der Waals surface area contributed by atoms with Crippen molar-refractivity contribution in [2.24, 2.45) is 0 Å². The molecule has 1 aromatic heterocycles. The Hall–Kier alpha value is -2.03. The number of carbonyl (C=O) groups is 1. The lowest BCUT2D eigenvalue weighted by molar-refractivity contribution is -0.137. The zero-order valence-corrected chi connectivity index (χ0v) is 9.52. The van der Waals surface area contributed by atoms with Crippen LogP contribution in [0, 0.1) is 0 Å². The van der Waals surface area contributed by atoms with Crippen molar-refractivity contribution in [3.8, 4) is 0 Å². The first kappa shape index (κ1) is 11.5. The first-order chi connectivity index (χ1) is 8.27. The first-order valence-electron chi connectivity index (χ1n) is 5.72. The maximum atomic E-state index is 10.3. The van der Waals surface area contributed by atoms with Crippen LogP contribution in [0.5, 0.6) is 0 Å². The summed E-state index contributed by atoms with van der Waals surface area (Å²) in [5, 5.41) is 9.71. The monoisotopic (exact) mass is 229 g/mol. The Balaban J connectivity index is 1.98. The zero-order chi connectivity index (χ0) is 12.1. The number of para-hydroxylation sites is 1. The van der Waals surface area contributed by atoms with E-state index < -0.39 is 5.97 Å². The normalized spacial score (nSPS) is 11.3. The summed E-state index contributed by atoms with van der Waals surface area (Å²) in [6.45, 7) is 0. The number of hydrogen-bond donors (Lipinski definition) is 2. The molecule has 0 aliphatic rings. The molecule has 0 amide bonds. The predicted molar refractivity (Wildman–Crippen MR) is 68.8 cm³/mol. The summed E-state index contributed by atoms with van der Waals surface area (Å²) in [5.74, 6) is -0.731. The molecule has 17 heavy (non-hydrogen) atoms. The molecule has 1 heterocycles. The van der Waals surface area contributed by atoms with Crippen LogP contribution in [0.2, 0.25) is 0 Å². The van der Waals surface area contributed by atoms with Crippen LogP contribution in [-0.4, -0.2) is 16.1 Å². The second kappa shape index (κ2) is 5.34. The van der Waals surface area contributed by atoms with Gasteiger partial charge >= 0.3 is 5.97 Å². The van der Waals surface area contributed by atoms with Crippen LogP contribution in [0.1, 0.15) is 24.8 Å². The van der Waals surface area contributed by atoms with E-state index in [4.69, 9.17) is 5.11 Å². The van der Waals surface area contributed by atoms with Crippen molar-refractivity contribution in [1.82, 2.24) is 4.98 Å². The molecule has 88 valence electrons. The Morgan fingerprint density at radius 3 is 3.00 bits per heavy atom. The van der Waals surface area contributed by atoms with Crippen LogP contribution in [0.25, 0.3) is 17.0 Å². The average Bonchev–Trinajstić information content (AvgIpc) is 2.72. The van der Waals surface area contributed by atoms with Crippen molar-refractivity contribution in [3.63, 3.8) is 0 Å². The Labute approximate surface area is 99.8 Å². The molecule has 3 nitrogen and oxygen atoms in total. The van der Waals surface area contributed by atoms with Crippen molar-refractivity contribution >= 4 is 22.9 Å². The molecule has 0 saturated carbocycles. The molecule has 0 atom stereocenters. The van der Waals surface area contributed by atoms with Gasteiger partial charge in [-0.05, 0) is 24.5 Å². The topological polar surface area (TPSA) is 53.1 Å². The van der Waals surface area contributed by atoms with Gasteiger partial charge in [0.25, 0.3) is 0 Å². The van der Waals surface area contributed by atoms with Gasteiger partial charge in [-0.3, -0.25) is 4.79 Å². The molecule has 0 bridgehead atoms. The number of aliphatic carboxylic acids is 1. The van der Waals surface area contributed by atoms with Gasteiger partial charge in [0.15, 0.2) is 0 Å². The summed E-state index contributed by atoms with van der Waals surface area (Å²) in [5.41, 5.74) is 2.27. The number of rotatable bonds is 5. The number of aromatic nitrogens is 1. The fourth-order valence-corrected chi connectivity index (χ4v) is 1.81. The summed E-state index contributed by atoms with van der Waals surface area (Å²) in [6.07, 6.45) is 7.76. The molecule has 2 rings (SSSR count). The van der Waals surface area contributed by atoms with E-state index in [9.17, 15) is 4.79 Å². The third kappa shape index (κ3) is 2.97. The number of allylic oxidation sites excluding steroid dienone is 1. The number of carboxylic acid groups (broad SMARTS) is 1. The minimum atomic E-state index is -0.731. The number of nitrogens with one attached hydrogen (secondary N) is 1. The van der Waals surface area contributed by atoms with Gasteiger partial charge in [0.2, 0.25) is 0 Å². The molecule has 0 aliphatic carbocycles. The molecule has 2 aromatic rings. The standard InChI is InChI=1S/C14H15NO2/c16-14(17)9-3-1-2-6-11-10-15-13-8-5-4-7-12(11)13/h2,4-8,10,15H,1,3,9H2,(H,16,17)/b6-2+. The second-order valence-electron chi connectivity index (χ2n) is 3.98. The third-order valence-corrected chi connectivity index (χ3v) is 2.68. The summed E-state index contributed by atoms with van der Waals surface area (Å²) >= 11 is 0.